The van der Waals surface area contributed by atoms with Crippen LogP contribution in [-0.2, 0) is 0 Å². The molecule has 3 rings (SSSR count). The van der Waals surface area contributed by atoms with Gasteiger partial charge in [-0.25, -0.2) is 4.79 Å². The van der Waals surface area contributed by atoms with Crippen molar-refractivity contribution in [1.29, 1.82) is 0 Å². The summed E-state index contributed by atoms with van der Waals surface area (Å²) in [4.78, 5) is 19.3. The van der Waals surface area contributed by atoms with E-state index in [0.717, 1.165) is 17.6 Å². The Bertz CT molecular complexity index is 681. The molecule has 3 N–H and O–H groups in total. The molecule has 0 saturated heterocycles. The molecule has 0 spiro atoms. The number of benzene rings is 1. The molecule has 1 atom stereocenters. The summed E-state index contributed by atoms with van der Waals surface area (Å²) in [5, 5.41) is 3.65. The van der Waals surface area contributed by atoms with Gasteiger partial charge < -0.3 is 20.2 Å². The Labute approximate surface area is 124 Å². The molecule has 1 aromatic heterocycles. The van der Waals surface area contributed by atoms with Crippen LogP contribution in [0.3, 0.4) is 0 Å². The third-order valence-corrected chi connectivity index (χ3v) is 5.01. The Morgan fingerprint density at radius 2 is 2.00 bits per heavy atom. The molecule has 1 aromatic carbocycles. The topological polar surface area (TPSA) is 63.9 Å². The molecule has 1 unspecified atom stereocenters. The molecule has 0 amide bonds. The lowest BCUT2D eigenvalue weighted by Gasteiger charge is -2.48. The van der Waals surface area contributed by atoms with Gasteiger partial charge in [0.15, 0.2) is 0 Å². The maximum atomic E-state index is 11.3. The monoisotopic (exact) mass is 288 g/mol. The van der Waals surface area contributed by atoms with Crippen LogP contribution < -0.4 is 11.0 Å². The van der Waals surface area contributed by atoms with Crippen LogP contribution in [-0.4, -0.2) is 41.0 Å². The first-order chi connectivity index (χ1) is 10.00. The Kier molecular flexibility index (Phi) is 3.63. The fourth-order valence-corrected chi connectivity index (χ4v) is 3.15. The zero-order chi connectivity index (χ0) is 15.0. The molecular formula is C16H24N4O. The minimum absolute atomic E-state index is 0.149. The Balaban J connectivity index is 1.71. The zero-order valence-corrected chi connectivity index (χ0v) is 13.0. The molecule has 0 radical (unpaired) electrons. The normalized spacial score (nSPS) is 18.9. The van der Waals surface area contributed by atoms with E-state index in [-0.39, 0.29) is 11.7 Å². The lowest BCUT2D eigenvalue weighted by molar-refractivity contribution is 0.0576. The van der Waals surface area contributed by atoms with Crippen molar-refractivity contribution in [2.45, 2.75) is 37.8 Å². The van der Waals surface area contributed by atoms with Crippen molar-refractivity contribution in [1.82, 2.24) is 20.2 Å². The summed E-state index contributed by atoms with van der Waals surface area (Å²) in [6.45, 7) is 3.18. The number of imidazole rings is 1. The highest BCUT2D eigenvalue weighted by Crippen LogP contribution is 2.36. The van der Waals surface area contributed by atoms with E-state index >= 15 is 0 Å². The highest BCUT2D eigenvalue weighted by Gasteiger charge is 2.38. The fraction of sp³-hybridized carbons (Fsp3) is 0.562. The maximum absolute atomic E-state index is 11.3. The van der Waals surface area contributed by atoms with Crippen LogP contribution >= 0.6 is 0 Å². The third-order valence-electron chi connectivity index (χ3n) is 5.01. The van der Waals surface area contributed by atoms with Crippen molar-refractivity contribution in [3.8, 4) is 0 Å². The van der Waals surface area contributed by atoms with Crippen molar-refractivity contribution in [2.24, 2.45) is 0 Å². The maximum Gasteiger partial charge on any atom is 0.323 e. The number of aromatic amines is 2. The summed E-state index contributed by atoms with van der Waals surface area (Å²) >= 11 is 0. The average Bonchev–Trinajstić information content (AvgIpc) is 2.75. The number of nitrogens with one attached hydrogen (secondary N) is 3. The Hall–Kier alpha value is -1.59. The van der Waals surface area contributed by atoms with Crippen LogP contribution in [0.15, 0.2) is 23.0 Å². The smallest absolute Gasteiger partial charge is 0.308 e. The molecule has 1 fully saturated rings. The van der Waals surface area contributed by atoms with E-state index < -0.39 is 0 Å². The van der Waals surface area contributed by atoms with Crippen molar-refractivity contribution in [3.63, 3.8) is 0 Å². The van der Waals surface area contributed by atoms with Gasteiger partial charge in [0.25, 0.3) is 0 Å². The average molecular weight is 288 g/mol. The summed E-state index contributed by atoms with van der Waals surface area (Å²) in [7, 11) is 4.34. The molecule has 0 aliphatic heterocycles. The second-order valence-corrected chi connectivity index (χ2v) is 6.46. The van der Waals surface area contributed by atoms with E-state index in [1.165, 1.54) is 24.8 Å². The first-order valence-electron chi connectivity index (χ1n) is 7.63. The molecule has 5 nitrogen and oxygen atoms in total. The van der Waals surface area contributed by atoms with Gasteiger partial charge in [-0.05, 0) is 58.0 Å². The number of fused-ring (bicyclic) bond motifs is 1. The predicted octanol–water partition coefficient (Wildman–Crippen LogP) is 1.99. The number of nitrogens with zero attached hydrogens (tertiary/aromatic N) is 1. The summed E-state index contributed by atoms with van der Waals surface area (Å²) < 4.78 is 0. The van der Waals surface area contributed by atoms with E-state index in [0.29, 0.717) is 5.54 Å². The van der Waals surface area contributed by atoms with E-state index in [9.17, 15) is 4.79 Å². The van der Waals surface area contributed by atoms with Gasteiger partial charge in [0.2, 0.25) is 0 Å². The van der Waals surface area contributed by atoms with Crippen LogP contribution in [0, 0.1) is 0 Å². The predicted molar refractivity (Wildman–Crippen MR) is 85.6 cm³/mol. The molecule has 0 bridgehead atoms. The summed E-state index contributed by atoms with van der Waals surface area (Å²) in [5.41, 5.74) is 3.10. The van der Waals surface area contributed by atoms with E-state index in [4.69, 9.17) is 0 Å². The van der Waals surface area contributed by atoms with E-state index in [1.54, 1.807) is 0 Å². The van der Waals surface area contributed by atoms with Gasteiger partial charge in [-0.15, -0.1) is 0 Å². The highest BCUT2D eigenvalue weighted by molar-refractivity contribution is 5.75. The number of hydrogen-bond donors (Lipinski definition) is 3. The van der Waals surface area contributed by atoms with Crippen LogP contribution in [0.4, 0.5) is 0 Å². The van der Waals surface area contributed by atoms with Gasteiger partial charge in [-0.2, -0.15) is 0 Å². The number of H-pyrrole nitrogens is 2. The van der Waals surface area contributed by atoms with Gasteiger partial charge in [0.1, 0.15) is 0 Å². The number of aromatic nitrogens is 2. The van der Waals surface area contributed by atoms with Gasteiger partial charge in [-0.1, -0.05) is 6.07 Å². The molecule has 1 aliphatic rings. The Morgan fingerprint density at radius 1 is 1.29 bits per heavy atom. The van der Waals surface area contributed by atoms with Gasteiger partial charge in [0, 0.05) is 18.1 Å². The quantitative estimate of drug-likeness (QED) is 0.788. The highest BCUT2D eigenvalue weighted by atomic mass is 16.1. The molecule has 2 aromatic rings. The lowest BCUT2D eigenvalue weighted by Crippen LogP contribution is -2.56. The number of likely N-dealkylation sites (N-methyl/N-ethyl adjacent to an activating group) is 1. The minimum atomic E-state index is -0.149. The zero-order valence-electron chi connectivity index (χ0n) is 13.0. The van der Waals surface area contributed by atoms with E-state index in [2.05, 4.69) is 47.3 Å². The number of hydrogen-bond acceptors (Lipinski definition) is 3. The van der Waals surface area contributed by atoms with Crippen molar-refractivity contribution < 1.29 is 0 Å². The summed E-state index contributed by atoms with van der Waals surface area (Å²) in [6, 6.07) is 6.36. The second kappa shape index (κ2) is 5.31. The van der Waals surface area contributed by atoms with Gasteiger partial charge in [0.05, 0.1) is 11.0 Å². The van der Waals surface area contributed by atoms with Crippen molar-refractivity contribution in [3.05, 3.63) is 34.2 Å². The van der Waals surface area contributed by atoms with Crippen LogP contribution in [0.5, 0.6) is 0 Å². The molecule has 1 saturated carbocycles. The fourth-order valence-electron chi connectivity index (χ4n) is 3.15. The van der Waals surface area contributed by atoms with Crippen molar-refractivity contribution >= 4 is 11.0 Å². The van der Waals surface area contributed by atoms with Crippen LogP contribution in [0.1, 0.15) is 37.8 Å². The summed E-state index contributed by atoms with van der Waals surface area (Å²) in [5.74, 6) is 0. The molecule has 5 heteroatoms. The molecule has 1 aliphatic carbocycles. The van der Waals surface area contributed by atoms with Crippen LogP contribution in [0.2, 0.25) is 0 Å². The van der Waals surface area contributed by atoms with E-state index in [1.807, 2.05) is 12.1 Å². The third kappa shape index (κ3) is 2.63. The second-order valence-electron chi connectivity index (χ2n) is 6.46. The lowest BCUT2D eigenvalue weighted by atomic mass is 9.75. The first kappa shape index (κ1) is 14.4. The molecule has 114 valence electrons. The molecular weight excluding hydrogens is 264 g/mol. The Morgan fingerprint density at radius 3 is 2.62 bits per heavy atom. The van der Waals surface area contributed by atoms with Gasteiger partial charge in [-0.3, -0.25) is 0 Å². The van der Waals surface area contributed by atoms with Crippen molar-refractivity contribution in [2.75, 3.05) is 20.6 Å². The largest absolute Gasteiger partial charge is 0.323 e. The molecule has 21 heavy (non-hydrogen) atoms. The summed E-state index contributed by atoms with van der Waals surface area (Å²) in [6.07, 6.45) is 3.86. The van der Waals surface area contributed by atoms with Crippen LogP contribution in [0.25, 0.3) is 11.0 Å². The molecule has 1 heterocycles. The first-order valence-corrected chi connectivity index (χ1v) is 7.63. The minimum Gasteiger partial charge on any atom is -0.308 e. The SMILES string of the molecule is CC(NCC1(N(C)C)CCC1)c1ccc2[nH]c(=O)[nH]c2c1. The standard InChI is InChI=1S/C16H24N4O/c1-11(17-10-16(20(2)3)7-4-8-16)12-5-6-13-14(9-12)19-15(21)18-13/h5-6,9,11,17H,4,7-8,10H2,1-3H3,(H2,18,19,21). The number of rotatable bonds is 5. The van der Waals surface area contributed by atoms with Gasteiger partial charge >= 0.3 is 5.69 Å².